The summed E-state index contributed by atoms with van der Waals surface area (Å²) in [5, 5.41) is 7.86. The third kappa shape index (κ3) is 5.36. The Labute approximate surface area is 170 Å². The molecule has 3 rings (SSSR count). The third-order valence-corrected chi connectivity index (χ3v) is 5.56. The van der Waals surface area contributed by atoms with Gasteiger partial charge in [-0.25, -0.2) is 21.6 Å². The van der Waals surface area contributed by atoms with E-state index in [1.165, 1.54) is 30.5 Å². The van der Waals surface area contributed by atoms with E-state index >= 15 is 0 Å². The Bertz CT molecular complexity index is 1140. The summed E-state index contributed by atoms with van der Waals surface area (Å²) in [5.41, 5.74) is 1.11. The summed E-state index contributed by atoms with van der Waals surface area (Å²) in [6.45, 7) is 0.531. The number of alkyl halides is 3. The summed E-state index contributed by atoms with van der Waals surface area (Å²) in [4.78, 5) is 11.0. The Morgan fingerprint density at radius 2 is 1.67 bits per heavy atom. The minimum atomic E-state index is -5.08. The Morgan fingerprint density at radius 3 is 2.17 bits per heavy atom. The molecule has 0 saturated carbocycles. The second-order valence-electron chi connectivity index (χ2n) is 6.47. The molecular formula is C19H18F4N2O4S. The number of aromatic nitrogens is 1. The number of hydrogen-bond donors (Lipinski definition) is 1. The zero-order chi connectivity index (χ0) is 22.7. The van der Waals surface area contributed by atoms with Crippen molar-refractivity contribution in [2.45, 2.75) is 17.6 Å². The van der Waals surface area contributed by atoms with Crippen molar-refractivity contribution in [3.05, 3.63) is 66.1 Å². The van der Waals surface area contributed by atoms with Gasteiger partial charge in [0.25, 0.3) is 10.0 Å². The molecule has 0 amide bonds. The zero-order valence-corrected chi connectivity index (χ0v) is 16.7. The van der Waals surface area contributed by atoms with E-state index in [9.17, 15) is 26.0 Å². The predicted octanol–water partition coefficient (Wildman–Crippen LogP) is 3.71. The molecule has 1 N–H and O–H groups in total. The first-order valence-electron chi connectivity index (χ1n) is 8.39. The van der Waals surface area contributed by atoms with Crippen molar-refractivity contribution in [2.24, 2.45) is 0 Å². The number of benzene rings is 2. The van der Waals surface area contributed by atoms with Gasteiger partial charge < -0.3 is 10.0 Å². The van der Waals surface area contributed by atoms with Crippen LogP contribution in [0.15, 0.2) is 59.6 Å². The van der Waals surface area contributed by atoms with E-state index in [2.05, 4.69) is 0 Å². The first kappa shape index (κ1) is 23.4. The van der Waals surface area contributed by atoms with Crippen LogP contribution >= 0.6 is 0 Å². The molecule has 2 aromatic carbocycles. The molecule has 0 aliphatic rings. The fraction of sp³-hybridized carbons (Fsp3) is 0.211. The molecule has 0 spiro atoms. The van der Waals surface area contributed by atoms with Crippen LogP contribution < -0.4 is 0 Å². The Kier molecular flexibility index (Phi) is 6.88. The van der Waals surface area contributed by atoms with E-state index < -0.39 is 28.0 Å². The van der Waals surface area contributed by atoms with Crippen LogP contribution in [0.3, 0.4) is 0 Å². The fourth-order valence-electron chi connectivity index (χ4n) is 2.64. The molecule has 0 unspecified atom stereocenters. The maximum atomic E-state index is 14.0. The number of halogens is 4. The van der Waals surface area contributed by atoms with Crippen LogP contribution in [0.25, 0.3) is 10.9 Å². The molecule has 11 heteroatoms. The van der Waals surface area contributed by atoms with E-state index in [0.717, 1.165) is 14.9 Å². The molecule has 6 nitrogen and oxygen atoms in total. The summed E-state index contributed by atoms with van der Waals surface area (Å²) in [7, 11) is 0.0189. The van der Waals surface area contributed by atoms with Gasteiger partial charge in [-0.05, 0) is 50.0 Å². The largest absolute Gasteiger partial charge is 0.490 e. The smallest absolute Gasteiger partial charge is 0.475 e. The zero-order valence-electron chi connectivity index (χ0n) is 15.9. The van der Waals surface area contributed by atoms with Crippen molar-refractivity contribution in [2.75, 3.05) is 14.1 Å². The number of nitrogens with zero attached hydrogens (tertiary/aromatic N) is 2. The molecule has 0 bridgehead atoms. The molecule has 1 aromatic heterocycles. The van der Waals surface area contributed by atoms with Crippen LogP contribution in [0, 0.1) is 5.82 Å². The molecular weight excluding hydrogens is 428 g/mol. The fourth-order valence-corrected chi connectivity index (χ4v) is 4.00. The average Bonchev–Trinajstić information content (AvgIpc) is 3.06. The molecule has 162 valence electrons. The summed E-state index contributed by atoms with van der Waals surface area (Å²) in [5.74, 6) is -3.20. The van der Waals surface area contributed by atoms with Crippen molar-refractivity contribution in [1.29, 1.82) is 0 Å². The highest BCUT2D eigenvalue weighted by Gasteiger charge is 2.38. The summed E-state index contributed by atoms with van der Waals surface area (Å²) in [6, 6.07) is 12.6. The maximum Gasteiger partial charge on any atom is 0.490 e. The van der Waals surface area contributed by atoms with Gasteiger partial charge in [0.05, 0.1) is 10.4 Å². The number of carboxylic acids is 1. The van der Waals surface area contributed by atoms with E-state index in [-0.39, 0.29) is 4.90 Å². The lowest BCUT2D eigenvalue weighted by Gasteiger charge is -2.12. The van der Waals surface area contributed by atoms with Gasteiger partial charge in [0.2, 0.25) is 0 Å². The van der Waals surface area contributed by atoms with E-state index in [1.54, 1.807) is 24.3 Å². The monoisotopic (exact) mass is 446 g/mol. The number of fused-ring (bicyclic) bond motifs is 1. The highest BCUT2D eigenvalue weighted by molar-refractivity contribution is 7.90. The topological polar surface area (TPSA) is 79.6 Å². The van der Waals surface area contributed by atoms with Crippen LogP contribution in [0.1, 0.15) is 5.56 Å². The molecule has 30 heavy (non-hydrogen) atoms. The van der Waals surface area contributed by atoms with Crippen molar-refractivity contribution in [3.8, 4) is 0 Å². The van der Waals surface area contributed by atoms with Gasteiger partial charge >= 0.3 is 12.1 Å². The highest BCUT2D eigenvalue weighted by Crippen LogP contribution is 2.26. The lowest BCUT2D eigenvalue weighted by Crippen LogP contribution is -2.21. The average molecular weight is 446 g/mol. The normalized spacial score (nSPS) is 12.0. The highest BCUT2D eigenvalue weighted by atomic mass is 32.2. The number of carboxylic acid groups (broad SMARTS) is 1. The lowest BCUT2D eigenvalue weighted by molar-refractivity contribution is -0.192. The first-order chi connectivity index (χ1) is 13.8. The van der Waals surface area contributed by atoms with Crippen LogP contribution in [-0.4, -0.2) is 48.6 Å². The minimum absolute atomic E-state index is 0.177. The molecule has 0 saturated heterocycles. The lowest BCUT2D eigenvalue weighted by atomic mass is 10.1. The standard InChI is InChI=1S/C17H17FN2O2S.C2HF3O2/c1-19(2)12-13-10-14(18)11-17-16(13)8-9-20(17)23(21,22)15-6-4-3-5-7-15;3-2(4,5)1(6)7/h3-11H,12H2,1-2H3;(H,6,7). The van der Waals surface area contributed by atoms with Crippen LogP contribution in [0.5, 0.6) is 0 Å². The first-order valence-corrected chi connectivity index (χ1v) is 9.83. The Morgan fingerprint density at radius 1 is 1.10 bits per heavy atom. The molecule has 0 atom stereocenters. The number of carbonyl (C=O) groups is 1. The SMILES string of the molecule is CN(C)Cc1cc(F)cc2c1ccn2S(=O)(=O)c1ccccc1.O=C(O)C(F)(F)F. The number of hydrogen-bond acceptors (Lipinski definition) is 4. The van der Waals surface area contributed by atoms with Gasteiger partial charge in [0.15, 0.2) is 0 Å². The van der Waals surface area contributed by atoms with Crippen molar-refractivity contribution in [3.63, 3.8) is 0 Å². The summed E-state index contributed by atoms with van der Waals surface area (Å²) in [6.07, 6.45) is -3.61. The Balaban J connectivity index is 0.000000396. The summed E-state index contributed by atoms with van der Waals surface area (Å²) >= 11 is 0. The van der Waals surface area contributed by atoms with Crippen molar-refractivity contribution >= 4 is 26.9 Å². The molecule has 3 aromatic rings. The maximum absolute atomic E-state index is 14.0. The van der Waals surface area contributed by atoms with Gasteiger partial charge in [-0.3, -0.25) is 0 Å². The number of aliphatic carboxylic acids is 1. The van der Waals surface area contributed by atoms with Gasteiger partial charge in [-0.2, -0.15) is 13.2 Å². The molecule has 1 heterocycles. The van der Waals surface area contributed by atoms with E-state index in [0.29, 0.717) is 12.1 Å². The molecule has 0 radical (unpaired) electrons. The molecule has 0 aliphatic carbocycles. The third-order valence-electron chi connectivity index (χ3n) is 3.85. The van der Waals surface area contributed by atoms with Crippen LogP contribution in [0.2, 0.25) is 0 Å². The number of rotatable bonds is 4. The van der Waals surface area contributed by atoms with Gasteiger partial charge in [-0.15, -0.1) is 0 Å². The van der Waals surface area contributed by atoms with E-state index in [4.69, 9.17) is 9.90 Å². The van der Waals surface area contributed by atoms with Crippen LogP contribution in [-0.2, 0) is 21.4 Å². The van der Waals surface area contributed by atoms with Crippen molar-refractivity contribution < 1.29 is 35.9 Å². The summed E-state index contributed by atoms with van der Waals surface area (Å²) < 4.78 is 72.4. The van der Waals surface area contributed by atoms with Crippen LogP contribution in [0.4, 0.5) is 17.6 Å². The quantitative estimate of drug-likeness (QED) is 0.618. The molecule has 0 aliphatic heterocycles. The molecule has 0 fully saturated rings. The predicted molar refractivity (Wildman–Crippen MR) is 102 cm³/mol. The van der Waals surface area contributed by atoms with Gasteiger partial charge in [0, 0.05) is 18.1 Å². The Hall–Kier alpha value is -2.92. The second-order valence-corrected chi connectivity index (χ2v) is 8.28. The van der Waals surface area contributed by atoms with Gasteiger partial charge in [0.1, 0.15) is 5.82 Å². The van der Waals surface area contributed by atoms with Crippen molar-refractivity contribution in [1.82, 2.24) is 8.87 Å². The van der Waals surface area contributed by atoms with Gasteiger partial charge in [-0.1, -0.05) is 18.2 Å². The minimum Gasteiger partial charge on any atom is -0.475 e. The second kappa shape index (κ2) is 8.84. The van der Waals surface area contributed by atoms with E-state index in [1.807, 2.05) is 19.0 Å².